The number of para-hydroxylation sites is 4. The molecule has 4 nitrogen and oxygen atoms in total. The van der Waals surface area contributed by atoms with Crippen LogP contribution in [0.2, 0.25) is 0 Å². The summed E-state index contributed by atoms with van der Waals surface area (Å²) in [6, 6.07) is 77.1. The highest BCUT2D eigenvalue weighted by atomic mass is 32.2. The molecular formula is C59H40N4S. The zero-order valence-corrected chi connectivity index (χ0v) is 35.6. The summed E-state index contributed by atoms with van der Waals surface area (Å²) in [7, 11) is 0. The highest BCUT2D eigenvalue weighted by Gasteiger charge is 2.50. The van der Waals surface area contributed by atoms with E-state index in [0.717, 1.165) is 40.0 Å². The van der Waals surface area contributed by atoms with E-state index in [1.807, 2.05) is 42.1 Å². The Hall–Kier alpha value is -7.86. The number of nitrogens with two attached hydrogens (primary N) is 1. The normalized spacial score (nSPS) is 15.5. The second-order valence-corrected chi connectivity index (χ2v) is 17.9. The smallest absolute Gasteiger partial charge is 0.131 e. The maximum atomic E-state index is 6.74. The fourth-order valence-electron chi connectivity index (χ4n) is 10.8. The van der Waals surface area contributed by atoms with Gasteiger partial charge in [-0.3, -0.25) is 0 Å². The summed E-state index contributed by atoms with van der Waals surface area (Å²) in [6.45, 7) is 0. The lowest BCUT2D eigenvalue weighted by Gasteiger charge is -2.45. The van der Waals surface area contributed by atoms with E-state index in [9.17, 15) is 0 Å². The van der Waals surface area contributed by atoms with E-state index in [-0.39, 0.29) is 0 Å². The lowest BCUT2D eigenvalue weighted by Crippen LogP contribution is -2.37. The minimum Gasteiger partial charge on any atom is -0.383 e. The van der Waals surface area contributed by atoms with Crippen molar-refractivity contribution in [2.24, 2.45) is 10.7 Å². The molecule has 1 spiro atoms. The molecule has 13 rings (SSSR count). The van der Waals surface area contributed by atoms with Gasteiger partial charge in [-0.2, -0.15) is 0 Å². The largest absolute Gasteiger partial charge is 0.383 e. The third-order valence-corrected chi connectivity index (χ3v) is 14.6. The number of nitrogens with zero attached hydrogens (tertiary/aromatic N) is 3. The van der Waals surface area contributed by atoms with Crippen molar-refractivity contribution in [2.45, 2.75) is 21.6 Å². The Labute approximate surface area is 375 Å². The average Bonchev–Trinajstić information content (AvgIpc) is 3.89. The summed E-state index contributed by atoms with van der Waals surface area (Å²) >= 11 is 1.91. The van der Waals surface area contributed by atoms with Crippen molar-refractivity contribution in [3.8, 4) is 11.4 Å². The Morgan fingerprint density at radius 1 is 0.516 bits per heavy atom. The summed E-state index contributed by atoms with van der Waals surface area (Å²) in [6.07, 6.45) is 2.92. The predicted octanol–water partition coefficient (Wildman–Crippen LogP) is 14.0. The lowest BCUT2D eigenvalue weighted by molar-refractivity contribution is 0.692. The van der Waals surface area contributed by atoms with Gasteiger partial charge < -0.3 is 14.9 Å². The van der Waals surface area contributed by atoms with Gasteiger partial charge in [-0.1, -0.05) is 188 Å². The molecule has 11 aromatic rings. The van der Waals surface area contributed by atoms with Gasteiger partial charge in [0.05, 0.1) is 38.9 Å². The van der Waals surface area contributed by atoms with E-state index in [1.165, 1.54) is 75.9 Å². The first-order valence-corrected chi connectivity index (χ1v) is 22.7. The molecule has 2 aliphatic rings. The highest BCUT2D eigenvalue weighted by molar-refractivity contribution is 7.99. The lowest BCUT2D eigenvalue weighted by atomic mass is 9.62. The number of aromatic nitrogens is 2. The van der Waals surface area contributed by atoms with Crippen LogP contribution in [-0.2, 0) is 11.8 Å². The zero-order chi connectivity index (χ0) is 42.4. The van der Waals surface area contributed by atoms with E-state index < -0.39 is 5.41 Å². The van der Waals surface area contributed by atoms with Crippen LogP contribution in [-0.4, -0.2) is 15.0 Å². The maximum Gasteiger partial charge on any atom is 0.131 e. The fourth-order valence-corrected chi connectivity index (χ4v) is 12.1. The monoisotopic (exact) mass is 836 g/mol. The van der Waals surface area contributed by atoms with Crippen LogP contribution >= 0.6 is 11.8 Å². The molecule has 2 aromatic heterocycles. The van der Waals surface area contributed by atoms with Gasteiger partial charge in [0.25, 0.3) is 0 Å². The van der Waals surface area contributed by atoms with Gasteiger partial charge in [-0.15, -0.1) is 0 Å². The first-order valence-electron chi connectivity index (χ1n) is 21.9. The summed E-state index contributed by atoms with van der Waals surface area (Å²) < 4.78 is 4.96. The van der Waals surface area contributed by atoms with E-state index in [2.05, 4.69) is 197 Å². The topological polar surface area (TPSA) is 48.2 Å². The quantitative estimate of drug-likeness (QED) is 0.134. The number of aliphatic imine (C=N–C) groups is 1. The molecule has 9 aromatic carbocycles. The fraction of sp³-hybridized carbons (Fsp3) is 0.0339. The summed E-state index contributed by atoms with van der Waals surface area (Å²) in [4.78, 5) is 7.68. The van der Waals surface area contributed by atoms with Gasteiger partial charge in [-0.25, -0.2) is 4.99 Å². The second kappa shape index (κ2) is 14.3. The van der Waals surface area contributed by atoms with Gasteiger partial charge in [0.2, 0.25) is 0 Å². The van der Waals surface area contributed by atoms with Crippen LogP contribution in [0, 0.1) is 0 Å². The Bertz CT molecular complexity index is 3740. The Morgan fingerprint density at radius 3 is 2.00 bits per heavy atom. The number of amidine groups is 1. The van der Waals surface area contributed by atoms with Crippen LogP contribution in [0.3, 0.4) is 0 Å². The SMILES string of the molecule is NC(=N/C(=C\Cc1ccccc1)c1cccc(-n2c3ccccc3c3c4c(ccc32)C2(c3ccccc3S4)c3ccccc3-n3c4ccccc4c4cccc2c43)c1)c1ccccc1. The maximum absolute atomic E-state index is 6.74. The first kappa shape index (κ1) is 36.8. The number of allylic oxidation sites excluding steroid dienone is 1. The van der Waals surface area contributed by atoms with Crippen molar-refractivity contribution < 1.29 is 0 Å². The van der Waals surface area contributed by atoms with Crippen LogP contribution in [0.25, 0.3) is 60.7 Å². The van der Waals surface area contributed by atoms with E-state index in [0.29, 0.717) is 5.84 Å². The second-order valence-electron chi connectivity index (χ2n) is 16.8. The van der Waals surface area contributed by atoms with Crippen molar-refractivity contribution in [1.29, 1.82) is 0 Å². The molecule has 0 saturated carbocycles. The third-order valence-electron chi connectivity index (χ3n) is 13.4. The molecule has 1 atom stereocenters. The molecule has 4 heterocycles. The Kier molecular flexibility index (Phi) is 8.24. The highest BCUT2D eigenvalue weighted by Crippen LogP contribution is 2.62. The summed E-state index contributed by atoms with van der Waals surface area (Å²) in [5.74, 6) is 0.486. The van der Waals surface area contributed by atoms with Crippen molar-refractivity contribution in [2.75, 3.05) is 0 Å². The molecule has 0 fully saturated rings. The van der Waals surface area contributed by atoms with Gasteiger partial charge in [0.15, 0.2) is 0 Å². The van der Waals surface area contributed by atoms with E-state index in [4.69, 9.17) is 10.7 Å². The van der Waals surface area contributed by atoms with Crippen molar-refractivity contribution in [1.82, 2.24) is 9.13 Å². The molecule has 2 N–H and O–H groups in total. The van der Waals surface area contributed by atoms with Crippen LogP contribution in [0.15, 0.2) is 233 Å². The number of benzene rings is 9. The minimum absolute atomic E-state index is 0.486. The molecule has 64 heavy (non-hydrogen) atoms. The molecule has 0 radical (unpaired) electrons. The first-order chi connectivity index (χ1) is 31.7. The number of hydrogen-bond acceptors (Lipinski definition) is 2. The standard InChI is InChI=1S/C59H40N4S/c60-58(39-19-5-2-6-20-39)61-49(35-33-38-17-3-1-4-18-38)40-21-15-22-41(37-40)62-51-30-12-8-24-44(51)55-53(62)36-34-48-57(55)64-54-32-14-10-27-46(54)59(48)45-26-9-13-31-52(45)63-50-29-11-7-23-42(50)43-25-16-28-47(59)56(43)63/h1-32,34-37H,33H2,(H2,60,61)/b49-35-. The molecule has 1 unspecified atom stereocenters. The average molecular weight is 837 g/mol. The van der Waals surface area contributed by atoms with Crippen molar-refractivity contribution in [3.63, 3.8) is 0 Å². The molecular weight excluding hydrogens is 797 g/mol. The van der Waals surface area contributed by atoms with E-state index in [1.54, 1.807) is 0 Å². The van der Waals surface area contributed by atoms with Crippen molar-refractivity contribution >= 4 is 66.9 Å². The van der Waals surface area contributed by atoms with Crippen LogP contribution in [0.4, 0.5) is 0 Å². The number of hydrogen-bond donors (Lipinski definition) is 1. The summed E-state index contributed by atoms with van der Waals surface area (Å²) in [5, 5.41) is 5.05. The Morgan fingerprint density at radius 2 is 1.16 bits per heavy atom. The predicted molar refractivity (Wildman–Crippen MR) is 266 cm³/mol. The minimum atomic E-state index is -0.565. The molecule has 0 saturated heterocycles. The van der Waals surface area contributed by atoms with Crippen LogP contribution < -0.4 is 5.73 Å². The van der Waals surface area contributed by atoms with Gasteiger partial charge in [-0.05, 0) is 76.7 Å². The van der Waals surface area contributed by atoms with E-state index >= 15 is 0 Å². The number of fused-ring (bicyclic) bond motifs is 15. The molecule has 302 valence electrons. The van der Waals surface area contributed by atoms with Gasteiger partial charge >= 0.3 is 0 Å². The molecule has 0 bridgehead atoms. The molecule has 2 aliphatic heterocycles. The zero-order valence-electron chi connectivity index (χ0n) is 34.8. The molecule has 0 aliphatic carbocycles. The molecule has 0 amide bonds. The van der Waals surface area contributed by atoms with Crippen LogP contribution in [0.1, 0.15) is 38.9 Å². The Balaban J connectivity index is 1.06. The third kappa shape index (κ3) is 5.28. The van der Waals surface area contributed by atoms with Gasteiger partial charge in [0.1, 0.15) is 5.84 Å². The van der Waals surface area contributed by atoms with Crippen molar-refractivity contribution in [3.05, 3.63) is 257 Å². The number of rotatable bonds is 6. The van der Waals surface area contributed by atoms with Crippen LogP contribution in [0.5, 0.6) is 0 Å². The summed E-state index contributed by atoms with van der Waals surface area (Å²) in [5.41, 5.74) is 22.5. The molecule has 5 heteroatoms. The van der Waals surface area contributed by atoms with Gasteiger partial charge in [0, 0.05) is 48.2 Å².